The van der Waals surface area contributed by atoms with E-state index in [4.69, 9.17) is 14.8 Å². The topological polar surface area (TPSA) is 96.7 Å². The minimum atomic E-state index is -0.835. The Morgan fingerprint density at radius 1 is 0.900 bits per heavy atom. The van der Waals surface area contributed by atoms with Gasteiger partial charge in [0.05, 0.1) is 28.3 Å². The number of ether oxygens (including phenoxy) is 1. The SMILES string of the molecule is N#Cc1cccc(OCc2cccc(C(=O)ON3C(=O)c4ccccc4C3=O)c2)c1. The van der Waals surface area contributed by atoms with Crippen LogP contribution < -0.4 is 4.74 Å². The van der Waals surface area contributed by atoms with Crippen LogP contribution in [0.15, 0.2) is 72.8 Å². The van der Waals surface area contributed by atoms with Crippen LogP contribution in [0.5, 0.6) is 5.75 Å². The summed E-state index contributed by atoms with van der Waals surface area (Å²) in [5, 5.41) is 9.42. The highest BCUT2D eigenvalue weighted by Crippen LogP contribution is 2.23. The average molecular weight is 398 g/mol. The number of fused-ring (bicyclic) bond motifs is 1. The van der Waals surface area contributed by atoms with Crippen molar-refractivity contribution in [2.45, 2.75) is 6.61 Å². The van der Waals surface area contributed by atoms with E-state index in [9.17, 15) is 14.4 Å². The first kappa shape index (κ1) is 18.9. The van der Waals surface area contributed by atoms with Gasteiger partial charge in [0.25, 0.3) is 11.8 Å². The van der Waals surface area contributed by atoms with Gasteiger partial charge in [-0.3, -0.25) is 9.59 Å². The van der Waals surface area contributed by atoms with Gasteiger partial charge in [-0.05, 0) is 48.0 Å². The van der Waals surface area contributed by atoms with Crippen molar-refractivity contribution in [2.75, 3.05) is 0 Å². The van der Waals surface area contributed by atoms with Crippen LogP contribution in [0.25, 0.3) is 0 Å². The van der Waals surface area contributed by atoms with Crippen molar-refractivity contribution in [1.29, 1.82) is 5.26 Å². The quantitative estimate of drug-likeness (QED) is 0.610. The van der Waals surface area contributed by atoms with E-state index in [1.54, 1.807) is 54.6 Å². The third kappa shape index (κ3) is 3.62. The lowest BCUT2D eigenvalue weighted by Crippen LogP contribution is -2.32. The second-order valence-electron chi connectivity index (χ2n) is 6.46. The van der Waals surface area contributed by atoms with Crippen LogP contribution in [0, 0.1) is 11.3 Å². The summed E-state index contributed by atoms with van der Waals surface area (Å²) in [5.41, 5.74) is 1.70. The maximum atomic E-state index is 12.5. The second-order valence-corrected chi connectivity index (χ2v) is 6.46. The number of imide groups is 1. The molecule has 0 bridgehead atoms. The molecule has 0 saturated heterocycles. The Bertz CT molecular complexity index is 1180. The third-order valence-electron chi connectivity index (χ3n) is 4.46. The van der Waals surface area contributed by atoms with Crippen LogP contribution in [-0.2, 0) is 11.4 Å². The number of carbonyl (C=O) groups is 3. The maximum Gasteiger partial charge on any atom is 0.363 e. The molecule has 0 unspecified atom stereocenters. The van der Waals surface area contributed by atoms with Crippen LogP contribution in [0.1, 0.15) is 42.2 Å². The van der Waals surface area contributed by atoms with E-state index in [2.05, 4.69) is 0 Å². The van der Waals surface area contributed by atoms with E-state index in [1.165, 1.54) is 18.2 Å². The average Bonchev–Trinajstić information content (AvgIpc) is 3.03. The normalized spacial score (nSPS) is 12.3. The fraction of sp³-hybridized carbons (Fsp3) is 0.0435. The summed E-state index contributed by atoms with van der Waals surface area (Å²) in [6, 6.07) is 21.5. The minimum absolute atomic E-state index is 0.156. The number of hydroxylamine groups is 2. The number of hydrogen-bond donors (Lipinski definition) is 0. The highest BCUT2D eigenvalue weighted by molar-refractivity contribution is 6.21. The monoisotopic (exact) mass is 398 g/mol. The number of nitriles is 1. The van der Waals surface area contributed by atoms with Crippen molar-refractivity contribution in [3.63, 3.8) is 0 Å². The molecular weight excluding hydrogens is 384 g/mol. The van der Waals surface area contributed by atoms with Crippen LogP contribution in [-0.4, -0.2) is 22.8 Å². The van der Waals surface area contributed by atoms with Crippen LogP contribution in [0.3, 0.4) is 0 Å². The van der Waals surface area contributed by atoms with Gasteiger partial charge in [-0.25, -0.2) is 4.79 Å². The molecular formula is C23H14N2O5. The van der Waals surface area contributed by atoms with Crippen molar-refractivity contribution in [2.24, 2.45) is 0 Å². The molecule has 0 atom stereocenters. The Morgan fingerprint density at radius 2 is 1.60 bits per heavy atom. The maximum absolute atomic E-state index is 12.5. The molecule has 30 heavy (non-hydrogen) atoms. The van der Waals surface area contributed by atoms with Crippen molar-refractivity contribution >= 4 is 17.8 Å². The van der Waals surface area contributed by atoms with E-state index in [0.29, 0.717) is 21.9 Å². The summed E-state index contributed by atoms with van der Waals surface area (Å²) < 4.78 is 5.66. The lowest BCUT2D eigenvalue weighted by Gasteiger charge is -2.13. The van der Waals surface area contributed by atoms with E-state index in [0.717, 1.165) is 0 Å². The largest absolute Gasteiger partial charge is 0.489 e. The molecule has 0 fully saturated rings. The highest BCUT2D eigenvalue weighted by atomic mass is 16.7. The smallest absolute Gasteiger partial charge is 0.363 e. The van der Waals surface area contributed by atoms with Gasteiger partial charge in [-0.15, -0.1) is 0 Å². The van der Waals surface area contributed by atoms with Crippen LogP contribution in [0.4, 0.5) is 0 Å². The van der Waals surface area contributed by atoms with Gasteiger partial charge >= 0.3 is 5.97 Å². The fourth-order valence-corrected chi connectivity index (χ4v) is 3.00. The predicted octanol–water partition coefficient (Wildman–Crippen LogP) is 3.51. The number of nitrogens with zero attached hydrogens (tertiary/aromatic N) is 2. The molecule has 2 amide bonds. The van der Waals surface area contributed by atoms with Gasteiger partial charge in [0.2, 0.25) is 0 Å². The zero-order valence-electron chi connectivity index (χ0n) is 15.6. The van der Waals surface area contributed by atoms with Gasteiger partial charge in [-0.2, -0.15) is 5.26 Å². The Morgan fingerprint density at radius 3 is 2.30 bits per heavy atom. The number of hydrogen-bond acceptors (Lipinski definition) is 6. The predicted molar refractivity (Wildman–Crippen MR) is 104 cm³/mol. The van der Waals surface area contributed by atoms with Crippen molar-refractivity contribution in [3.05, 3.63) is 101 Å². The van der Waals surface area contributed by atoms with E-state index < -0.39 is 17.8 Å². The lowest BCUT2D eigenvalue weighted by molar-refractivity contribution is -0.0584. The molecule has 0 aliphatic carbocycles. The number of carbonyl (C=O) groups excluding carboxylic acids is 3. The standard InChI is InChI=1S/C23H14N2O5/c24-13-15-5-4-8-18(12-15)29-14-16-6-3-7-17(11-16)23(28)30-25-21(26)19-9-1-2-10-20(19)22(25)27/h1-12H,14H2. The molecule has 0 saturated carbocycles. The molecule has 146 valence electrons. The highest BCUT2D eigenvalue weighted by Gasteiger charge is 2.38. The molecule has 7 nitrogen and oxygen atoms in total. The zero-order valence-corrected chi connectivity index (χ0v) is 15.6. The zero-order chi connectivity index (χ0) is 21.1. The third-order valence-corrected chi connectivity index (χ3v) is 4.46. The Kier molecular flexibility index (Phi) is 4.97. The molecule has 4 rings (SSSR count). The molecule has 0 N–H and O–H groups in total. The van der Waals surface area contributed by atoms with Crippen molar-refractivity contribution in [1.82, 2.24) is 5.06 Å². The van der Waals surface area contributed by atoms with Crippen LogP contribution in [0.2, 0.25) is 0 Å². The molecule has 1 aliphatic rings. The first-order valence-electron chi connectivity index (χ1n) is 8.99. The van der Waals surface area contributed by atoms with E-state index in [-0.39, 0.29) is 23.3 Å². The molecule has 3 aromatic carbocycles. The van der Waals surface area contributed by atoms with Crippen LogP contribution >= 0.6 is 0 Å². The van der Waals surface area contributed by atoms with Crippen molar-refractivity contribution in [3.8, 4) is 11.8 Å². The molecule has 1 aliphatic heterocycles. The number of amides is 2. The molecule has 1 heterocycles. The van der Waals surface area contributed by atoms with Crippen molar-refractivity contribution < 1.29 is 24.0 Å². The van der Waals surface area contributed by atoms with Gasteiger partial charge in [-0.1, -0.05) is 35.4 Å². The van der Waals surface area contributed by atoms with Gasteiger partial charge < -0.3 is 9.57 Å². The minimum Gasteiger partial charge on any atom is -0.489 e. The molecule has 0 radical (unpaired) electrons. The summed E-state index contributed by atoms with van der Waals surface area (Å²) in [4.78, 5) is 42.3. The van der Waals surface area contributed by atoms with E-state index >= 15 is 0 Å². The first-order chi connectivity index (χ1) is 14.6. The summed E-state index contributed by atoms with van der Waals surface area (Å²) >= 11 is 0. The van der Waals surface area contributed by atoms with Gasteiger partial charge in [0.1, 0.15) is 12.4 Å². The summed E-state index contributed by atoms with van der Waals surface area (Å²) in [6.07, 6.45) is 0. The molecule has 0 aromatic heterocycles. The first-order valence-corrected chi connectivity index (χ1v) is 8.99. The summed E-state index contributed by atoms with van der Waals surface area (Å²) in [5.74, 6) is -1.67. The van der Waals surface area contributed by atoms with Gasteiger partial charge in [0.15, 0.2) is 0 Å². The molecule has 0 spiro atoms. The lowest BCUT2D eigenvalue weighted by atomic mass is 10.1. The number of benzene rings is 3. The van der Waals surface area contributed by atoms with Gasteiger partial charge in [0, 0.05) is 0 Å². The Hall–Kier alpha value is -4.44. The Labute approximate surface area is 171 Å². The van der Waals surface area contributed by atoms with E-state index in [1.807, 2.05) is 6.07 Å². The number of rotatable bonds is 5. The molecule has 3 aromatic rings. The second kappa shape index (κ2) is 7.89. The Balaban J connectivity index is 1.45. The summed E-state index contributed by atoms with van der Waals surface area (Å²) in [7, 11) is 0. The fourth-order valence-electron chi connectivity index (χ4n) is 3.00. The molecule has 7 heteroatoms. The summed E-state index contributed by atoms with van der Waals surface area (Å²) in [6.45, 7) is 0.156.